The van der Waals surface area contributed by atoms with Crippen molar-refractivity contribution < 1.29 is 4.39 Å². The van der Waals surface area contributed by atoms with E-state index in [4.69, 9.17) is 5.73 Å². The SMILES string of the molecule is Nc1cccc(F)c1Cn1ncc(N2CCCC2)cc1=O. The van der Waals surface area contributed by atoms with Crippen LogP contribution in [-0.4, -0.2) is 22.9 Å². The predicted octanol–water partition coefficient (Wildman–Crippen LogP) is 1.61. The molecule has 110 valence electrons. The highest BCUT2D eigenvalue weighted by Crippen LogP contribution is 2.18. The van der Waals surface area contributed by atoms with Crippen LogP contribution in [0.25, 0.3) is 0 Å². The molecule has 1 aromatic heterocycles. The fraction of sp³-hybridized carbons (Fsp3) is 0.333. The number of benzene rings is 1. The maximum Gasteiger partial charge on any atom is 0.269 e. The quantitative estimate of drug-likeness (QED) is 0.872. The highest BCUT2D eigenvalue weighted by molar-refractivity contribution is 5.47. The van der Waals surface area contributed by atoms with Gasteiger partial charge in [-0.05, 0) is 25.0 Å². The molecule has 0 saturated carbocycles. The molecule has 5 nitrogen and oxygen atoms in total. The van der Waals surface area contributed by atoms with Crippen LogP contribution < -0.4 is 16.2 Å². The number of rotatable bonds is 3. The van der Waals surface area contributed by atoms with Crippen molar-refractivity contribution in [1.82, 2.24) is 9.78 Å². The Labute approximate surface area is 121 Å². The minimum atomic E-state index is -0.424. The van der Waals surface area contributed by atoms with Gasteiger partial charge in [0.25, 0.3) is 5.56 Å². The zero-order valence-corrected chi connectivity index (χ0v) is 11.6. The van der Waals surface area contributed by atoms with E-state index in [1.165, 1.54) is 10.7 Å². The smallest absolute Gasteiger partial charge is 0.269 e. The second-order valence-corrected chi connectivity index (χ2v) is 5.21. The van der Waals surface area contributed by atoms with Crippen molar-refractivity contribution in [1.29, 1.82) is 0 Å². The molecule has 6 heteroatoms. The number of anilines is 2. The molecule has 3 rings (SSSR count). The third-order valence-corrected chi connectivity index (χ3v) is 3.79. The Morgan fingerprint density at radius 3 is 2.71 bits per heavy atom. The first-order valence-electron chi connectivity index (χ1n) is 7.00. The molecule has 1 aromatic carbocycles. The van der Waals surface area contributed by atoms with Gasteiger partial charge < -0.3 is 10.6 Å². The summed E-state index contributed by atoms with van der Waals surface area (Å²) in [6, 6.07) is 6.04. The topological polar surface area (TPSA) is 64.2 Å². The molecular formula is C15H17FN4O. The van der Waals surface area contributed by atoms with Crippen molar-refractivity contribution in [3.63, 3.8) is 0 Å². The molecule has 0 unspecified atom stereocenters. The van der Waals surface area contributed by atoms with E-state index in [0.29, 0.717) is 11.3 Å². The molecule has 2 aromatic rings. The van der Waals surface area contributed by atoms with Crippen molar-refractivity contribution in [3.05, 3.63) is 52.2 Å². The average molecular weight is 288 g/mol. The third-order valence-electron chi connectivity index (χ3n) is 3.79. The lowest BCUT2D eigenvalue weighted by Gasteiger charge is -2.17. The summed E-state index contributed by atoms with van der Waals surface area (Å²) in [5, 5.41) is 4.14. The van der Waals surface area contributed by atoms with Gasteiger partial charge in [0.05, 0.1) is 18.4 Å². The van der Waals surface area contributed by atoms with Gasteiger partial charge in [0, 0.05) is 30.4 Å². The van der Waals surface area contributed by atoms with E-state index < -0.39 is 5.82 Å². The fourth-order valence-electron chi connectivity index (χ4n) is 2.58. The summed E-state index contributed by atoms with van der Waals surface area (Å²) in [6.07, 6.45) is 3.92. The lowest BCUT2D eigenvalue weighted by Crippen LogP contribution is -2.27. The van der Waals surface area contributed by atoms with Crippen LogP contribution in [0.2, 0.25) is 0 Å². The zero-order valence-electron chi connectivity index (χ0n) is 11.6. The first-order chi connectivity index (χ1) is 10.1. The fourth-order valence-corrected chi connectivity index (χ4v) is 2.58. The normalized spacial score (nSPS) is 14.6. The largest absolute Gasteiger partial charge is 0.398 e. The standard InChI is InChI=1S/C15H17FN4O/c16-13-4-3-5-14(17)12(13)10-20-15(21)8-11(9-18-20)19-6-1-2-7-19/h3-5,8-9H,1-2,6-7,10,17H2. The van der Waals surface area contributed by atoms with Gasteiger partial charge in [0.2, 0.25) is 0 Å². The summed E-state index contributed by atoms with van der Waals surface area (Å²) in [7, 11) is 0. The van der Waals surface area contributed by atoms with Gasteiger partial charge in [-0.3, -0.25) is 4.79 Å². The minimum Gasteiger partial charge on any atom is -0.398 e. The molecule has 21 heavy (non-hydrogen) atoms. The predicted molar refractivity (Wildman–Crippen MR) is 79.9 cm³/mol. The van der Waals surface area contributed by atoms with Crippen molar-refractivity contribution in [2.24, 2.45) is 0 Å². The molecule has 1 aliphatic heterocycles. The maximum atomic E-state index is 13.8. The third kappa shape index (κ3) is 2.74. The van der Waals surface area contributed by atoms with Gasteiger partial charge >= 0.3 is 0 Å². The number of halogens is 1. The second kappa shape index (κ2) is 5.55. The van der Waals surface area contributed by atoms with Gasteiger partial charge in [-0.2, -0.15) is 5.10 Å². The minimum absolute atomic E-state index is 0.0393. The molecule has 1 fully saturated rings. The van der Waals surface area contributed by atoms with Gasteiger partial charge in [-0.15, -0.1) is 0 Å². The summed E-state index contributed by atoms with van der Waals surface area (Å²) >= 11 is 0. The van der Waals surface area contributed by atoms with Crippen molar-refractivity contribution in [2.75, 3.05) is 23.7 Å². The molecule has 0 aliphatic carbocycles. The lowest BCUT2D eigenvalue weighted by atomic mass is 10.1. The molecule has 1 saturated heterocycles. The molecule has 2 heterocycles. The molecular weight excluding hydrogens is 271 g/mol. The molecule has 0 bridgehead atoms. The summed E-state index contributed by atoms with van der Waals surface area (Å²) in [5.41, 5.74) is 6.96. The Bertz CT molecular complexity index is 687. The summed E-state index contributed by atoms with van der Waals surface area (Å²) in [6.45, 7) is 1.94. The van der Waals surface area contributed by atoms with Crippen LogP contribution in [0.3, 0.4) is 0 Å². The molecule has 0 atom stereocenters. The van der Waals surface area contributed by atoms with Crippen LogP contribution >= 0.6 is 0 Å². The Morgan fingerprint density at radius 1 is 1.29 bits per heavy atom. The maximum absolute atomic E-state index is 13.8. The first kappa shape index (κ1) is 13.6. The lowest BCUT2D eigenvalue weighted by molar-refractivity contribution is 0.573. The number of aromatic nitrogens is 2. The van der Waals surface area contributed by atoms with Gasteiger partial charge in [0.1, 0.15) is 5.82 Å². The number of nitrogen functional groups attached to an aromatic ring is 1. The number of hydrogen-bond donors (Lipinski definition) is 1. The van der Waals surface area contributed by atoms with Crippen LogP contribution in [0, 0.1) is 5.82 Å². The van der Waals surface area contributed by atoms with Crippen LogP contribution in [0.15, 0.2) is 35.3 Å². The molecule has 0 spiro atoms. The first-order valence-corrected chi connectivity index (χ1v) is 7.00. The van der Waals surface area contributed by atoms with Crippen molar-refractivity contribution in [2.45, 2.75) is 19.4 Å². The van der Waals surface area contributed by atoms with E-state index in [0.717, 1.165) is 31.6 Å². The van der Waals surface area contributed by atoms with E-state index >= 15 is 0 Å². The summed E-state index contributed by atoms with van der Waals surface area (Å²) in [5.74, 6) is -0.424. The highest BCUT2D eigenvalue weighted by atomic mass is 19.1. The van der Waals surface area contributed by atoms with E-state index in [1.807, 2.05) is 0 Å². The molecule has 1 aliphatic rings. The number of nitrogens with two attached hydrogens (primary N) is 1. The van der Waals surface area contributed by atoms with E-state index in [2.05, 4.69) is 10.00 Å². The monoisotopic (exact) mass is 288 g/mol. The van der Waals surface area contributed by atoms with Gasteiger partial charge in [0.15, 0.2) is 0 Å². The van der Waals surface area contributed by atoms with Crippen LogP contribution in [-0.2, 0) is 6.54 Å². The van der Waals surface area contributed by atoms with Gasteiger partial charge in [-0.1, -0.05) is 6.07 Å². The Hall–Kier alpha value is -2.37. The van der Waals surface area contributed by atoms with Crippen molar-refractivity contribution in [3.8, 4) is 0 Å². The Kier molecular flexibility index (Phi) is 3.60. The Balaban J connectivity index is 1.88. The molecule has 2 N–H and O–H groups in total. The highest BCUT2D eigenvalue weighted by Gasteiger charge is 2.14. The summed E-state index contributed by atoms with van der Waals surface area (Å²) in [4.78, 5) is 14.3. The average Bonchev–Trinajstić information content (AvgIpc) is 2.98. The van der Waals surface area contributed by atoms with E-state index in [9.17, 15) is 9.18 Å². The molecule has 0 radical (unpaired) electrons. The number of hydrogen-bond acceptors (Lipinski definition) is 4. The van der Waals surface area contributed by atoms with E-state index in [-0.39, 0.29) is 12.1 Å². The van der Waals surface area contributed by atoms with Crippen LogP contribution in [0.1, 0.15) is 18.4 Å². The zero-order chi connectivity index (χ0) is 14.8. The Morgan fingerprint density at radius 2 is 2.05 bits per heavy atom. The van der Waals surface area contributed by atoms with E-state index in [1.54, 1.807) is 24.4 Å². The van der Waals surface area contributed by atoms with Crippen LogP contribution in [0.5, 0.6) is 0 Å². The summed E-state index contributed by atoms with van der Waals surface area (Å²) < 4.78 is 15.0. The van der Waals surface area contributed by atoms with Crippen molar-refractivity contribution >= 4 is 11.4 Å². The second-order valence-electron chi connectivity index (χ2n) is 5.21. The molecule has 0 amide bonds. The van der Waals surface area contributed by atoms with Crippen LogP contribution in [0.4, 0.5) is 15.8 Å². The number of nitrogens with zero attached hydrogens (tertiary/aromatic N) is 3. The van der Waals surface area contributed by atoms with Gasteiger partial charge in [-0.25, -0.2) is 9.07 Å².